The summed E-state index contributed by atoms with van der Waals surface area (Å²) in [6.45, 7) is -0.416. The predicted molar refractivity (Wildman–Crippen MR) is 154 cm³/mol. The molecule has 2 heterocycles. The van der Waals surface area contributed by atoms with Gasteiger partial charge in [-0.1, -0.05) is 64.5 Å². The second-order valence-corrected chi connectivity index (χ2v) is 11.3. The van der Waals surface area contributed by atoms with E-state index in [0.29, 0.717) is 0 Å². The molecule has 1 aromatic heterocycles. The van der Waals surface area contributed by atoms with Gasteiger partial charge in [-0.2, -0.15) is 5.09 Å². The molecular weight excluding hydrogens is 621 g/mol. The Labute approximate surface area is 243 Å². The topological polar surface area (TPSA) is 158 Å². The van der Waals surface area contributed by atoms with E-state index in [4.69, 9.17) is 18.5 Å². The highest BCUT2D eigenvalue weighted by Gasteiger charge is 2.40. The van der Waals surface area contributed by atoms with Crippen molar-refractivity contribution in [2.75, 3.05) is 13.7 Å². The zero-order valence-electron chi connectivity index (χ0n) is 21.9. The summed E-state index contributed by atoms with van der Waals surface area (Å²) in [6, 6.07) is 16.2. The summed E-state index contributed by atoms with van der Waals surface area (Å²) in [5, 5.41) is 13.4. The number of aromatic nitrogens is 2. The highest BCUT2D eigenvalue weighted by atomic mass is 79.9. The zero-order valence-corrected chi connectivity index (χ0v) is 24.4. The van der Waals surface area contributed by atoms with E-state index in [9.17, 15) is 24.1 Å². The van der Waals surface area contributed by atoms with E-state index in [0.717, 1.165) is 10.1 Å². The highest BCUT2D eigenvalue weighted by molar-refractivity contribution is 9.11. The van der Waals surface area contributed by atoms with Crippen LogP contribution in [0.1, 0.15) is 23.8 Å². The maximum atomic E-state index is 14.0. The van der Waals surface area contributed by atoms with Crippen LogP contribution < -0.4 is 20.9 Å². The van der Waals surface area contributed by atoms with Gasteiger partial charge in [0, 0.05) is 12.6 Å². The molecule has 1 saturated heterocycles. The molecule has 5 atom stereocenters. The van der Waals surface area contributed by atoms with Crippen LogP contribution in [0.4, 0.5) is 0 Å². The molecule has 1 aliphatic heterocycles. The van der Waals surface area contributed by atoms with Crippen LogP contribution in [0.3, 0.4) is 0 Å². The van der Waals surface area contributed by atoms with Gasteiger partial charge >= 0.3 is 19.4 Å². The first-order valence-corrected chi connectivity index (χ1v) is 15.0. The Balaban J connectivity index is 1.54. The first-order valence-electron chi connectivity index (χ1n) is 12.6. The molecule has 0 amide bonds. The molecule has 0 radical (unpaired) electrons. The Kier molecular flexibility index (Phi) is 10.5. The number of aliphatic hydroxyl groups excluding tert-OH is 1. The van der Waals surface area contributed by atoms with Gasteiger partial charge < -0.3 is 19.1 Å². The summed E-state index contributed by atoms with van der Waals surface area (Å²) in [6.07, 6.45) is -0.175. The molecule has 0 aliphatic carbocycles. The number of ether oxygens (including phenoxy) is 2. The second-order valence-electron chi connectivity index (χ2n) is 9.07. The monoisotopic (exact) mass is 649 g/mol. The number of methoxy groups -OCH3 is 1. The van der Waals surface area contributed by atoms with E-state index in [1.54, 1.807) is 30.3 Å². The molecule has 2 aromatic carbocycles. The van der Waals surface area contributed by atoms with Crippen LogP contribution in [-0.2, 0) is 29.8 Å². The highest BCUT2D eigenvalue weighted by Crippen LogP contribution is 2.46. The fourth-order valence-electron chi connectivity index (χ4n) is 4.18. The Morgan fingerprint density at radius 1 is 1.22 bits per heavy atom. The second kappa shape index (κ2) is 14.0. The number of halogens is 1. The summed E-state index contributed by atoms with van der Waals surface area (Å²) in [5.74, 6) is -0.470. The molecule has 41 heavy (non-hydrogen) atoms. The van der Waals surface area contributed by atoms with Crippen molar-refractivity contribution in [1.29, 1.82) is 0 Å². The van der Waals surface area contributed by atoms with E-state index in [-0.39, 0.29) is 24.2 Å². The number of nitrogens with zero attached hydrogens (tertiary/aromatic N) is 1. The average Bonchev–Trinajstić information content (AvgIpc) is 3.33. The predicted octanol–water partition coefficient (Wildman–Crippen LogP) is 3.13. The van der Waals surface area contributed by atoms with Crippen molar-refractivity contribution in [2.24, 2.45) is 0 Å². The maximum Gasteiger partial charge on any atom is 0.459 e. The van der Waals surface area contributed by atoms with Gasteiger partial charge in [-0.3, -0.25) is 23.7 Å². The number of H-pyrrole nitrogens is 1. The van der Waals surface area contributed by atoms with E-state index >= 15 is 0 Å². The van der Waals surface area contributed by atoms with Crippen molar-refractivity contribution in [3.05, 3.63) is 104 Å². The van der Waals surface area contributed by atoms with Crippen LogP contribution in [0.5, 0.6) is 5.75 Å². The van der Waals surface area contributed by atoms with Gasteiger partial charge in [0.25, 0.3) is 5.56 Å². The van der Waals surface area contributed by atoms with Crippen molar-refractivity contribution < 1.29 is 33.0 Å². The lowest BCUT2D eigenvalue weighted by Crippen LogP contribution is -2.39. The first-order chi connectivity index (χ1) is 19.7. The number of esters is 1. The molecule has 4 rings (SSSR count). The number of benzene rings is 2. The number of hydrogen-bond donors (Lipinski definition) is 3. The van der Waals surface area contributed by atoms with E-state index < -0.39 is 56.0 Å². The maximum absolute atomic E-state index is 14.0. The van der Waals surface area contributed by atoms with Crippen LogP contribution >= 0.6 is 23.7 Å². The van der Waals surface area contributed by atoms with Crippen molar-refractivity contribution in [3.8, 4) is 5.75 Å². The minimum absolute atomic E-state index is 0.00644. The van der Waals surface area contributed by atoms with Gasteiger partial charge in [0.2, 0.25) is 0 Å². The molecule has 3 aromatic rings. The summed E-state index contributed by atoms with van der Waals surface area (Å²) in [4.78, 5) is 40.8. The molecule has 1 fully saturated rings. The quantitative estimate of drug-likeness (QED) is 0.197. The average molecular weight is 650 g/mol. The van der Waals surface area contributed by atoms with Gasteiger partial charge in [-0.25, -0.2) is 9.36 Å². The SMILES string of the molecule is COC(=O)[C@H](Cc1ccccc1)NP(=O)(OCC1OC(n2cc(/C=C/Br)c(=O)[nH]c2=O)CC1O)Oc1ccccc1. The van der Waals surface area contributed by atoms with Crippen LogP contribution in [0.15, 0.2) is 81.4 Å². The standard InChI is InChI=1S/C27H29BrN3O9P/c1-37-26(34)21(14-18-8-4-2-5-9-18)30-41(36,40-20-10-6-3-7-11-20)38-17-23-22(32)15-24(39-23)31-16-19(12-13-28)25(33)29-27(31)35/h2-13,16,21-24,32H,14-15,17H2,1H3,(H,30,36)(H,29,33,35)/b13-12+/t21-,22?,23?,24?,41?/m0/s1. The van der Waals surface area contributed by atoms with Gasteiger partial charge in [0.1, 0.15) is 24.1 Å². The first kappa shape index (κ1) is 30.6. The van der Waals surface area contributed by atoms with Crippen LogP contribution in [0.2, 0.25) is 0 Å². The summed E-state index contributed by atoms with van der Waals surface area (Å²) < 4.78 is 37.4. The van der Waals surface area contributed by atoms with Crippen molar-refractivity contribution in [2.45, 2.75) is 37.3 Å². The third kappa shape index (κ3) is 8.13. The summed E-state index contributed by atoms with van der Waals surface area (Å²) >= 11 is 3.10. The van der Waals surface area contributed by atoms with Crippen molar-refractivity contribution in [3.63, 3.8) is 0 Å². The zero-order chi connectivity index (χ0) is 29.4. The lowest BCUT2D eigenvalue weighted by molar-refractivity contribution is -0.142. The summed E-state index contributed by atoms with van der Waals surface area (Å²) in [5.41, 5.74) is -0.334. The molecule has 0 spiro atoms. The molecule has 14 heteroatoms. The molecule has 12 nitrogen and oxygen atoms in total. The Bertz CT molecular complexity index is 1510. The lowest BCUT2D eigenvalue weighted by atomic mass is 10.1. The number of hydrogen-bond acceptors (Lipinski definition) is 9. The van der Waals surface area contributed by atoms with Gasteiger partial charge in [-0.05, 0) is 35.2 Å². The number of aromatic amines is 1. The Morgan fingerprint density at radius 3 is 2.56 bits per heavy atom. The fourth-order valence-corrected chi connectivity index (χ4v) is 5.97. The number of rotatable bonds is 12. The normalized spacial score (nSPS) is 20.9. The van der Waals surface area contributed by atoms with E-state index in [1.165, 1.54) is 24.4 Å². The third-order valence-corrected chi connectivity index (χ3v) is 8.04. The van der Waals surface area contributed by atoms with Gasteiger partial charge in [-0.15, -0.1) is 0 Å². The minimum Gasteiger partial charge on any atom is -0.468 e. The van der Waals surface area contributed by atoms with Crippen LogP contribution in [0.25, 0.3) is 6.08 Å². The van der Waals surface area contributed by atoms with Gasteiger partial charge in [0.15, 0.2) is 0 Å². The number of para-hydroxylation sites is 1. The fraction of sp³-hybridized carbons (Fsp3) is 0.296. The molecule has 4 unspecified atom stereocenters. The molecule has 0 saturated carbocycles. The van der Waals surface area contributed by atoms with E-state index in [2.05, 4.69) is 26.0 Å². The third-order valence-electron chi connectivity index (χ3n) is 6.21. The lowest BCUT2D eigenvalue weighted by Gasteiger charge is -2.26. The molecule has 1 aliphatic rings. The van der Waals surface area contributed by atoms with Crippen LogP contribution in [0, 0.1) is 0 Å². The van der Waals surface area contributed by atoms with Gasteiger partial charge in [0.05, 0.1) is 25.4 Å². The number of carbonyl (C=O) groups is 1. The largest absolute Gasteiger partial charge is 0.468 e. The number of nitrogens with one attached hydrogen (secondary N) is 2. The molecule has 218 valence electrons. The van der Waals surface area contributed by atoms with Crippen molar-refractivity contribution in [1.82, 2.24) is 14.6 Å². The van der Waals surface area contributed by atoms with Crippen molar-refractivity contribution >= 4 is 35.7 Å². The molecule has 3 N–H and O–H groups in total. The van der Waals surface area contributed by atoms with Crippen LogP contribution in [-0.4, -0.2) is 52.6 Å². The summed E-state index contributed by atoms with van der Waals surface area (Å²) in [7, 11) is -3.06. The smallest absolute Gasteiger partial charge is 0.459 e. The Morgan fingerprint density at radius 2 is 1.90 bits per heavy atom. The molecule has 0 bridgehead atoms. The number of aliphatic hydroxyl groups is 1. The minimum atomic E-state index is -4.28. The Hall–Kier alpha value is -3.32. The van der Waals surface area contributed by atoms with E-state index in [1.807, 2.05) is 30.3 Å². The molecular formula is C27H29BrN3O9P. The number of carbonyl (C=O) groups excluding carboxylic acids is 1.